The molecule has 1 fully saturated rings. The van der Waals surface area contributed by atoms with Crippen molar-refractivity contribution < 1.29 is 61.2 Å². The molecule has 0 aromatic heterocycles. The van der Waals surface area contributed by atoms with Crippen LogP contribution < -0.4 is 31.7 Å². The number of rotatable bonds is 30. The fourth-order valence-electron chi connectivity index (χ4n) is 9.02. The lowest BCUT2D eigenvalue weighted by Crippen LogP contribution is -2.61. The fourth-order valence-corrected chi connectivity index (χ4v) is 10.0. The number of nitrogens with one attached hydrogen (secondary N) is 5. The molecule has 1 saturated heterocycles. The van der Waals surface area contributed by atoms with Crippen molar-refractivity contribution in [1.29, 1.82) is 0 Å². The molecule has 1 aliphatic heterocycles. The number of carbonyl (C=O) groups is 10. The Hall–Kier alpha value is -6.81. The second kappa shape index (κ2) is 29.2. The molecule has 0 aliphatic carbocycles. The molecule has 3 rings (SSSR count). The van der Waals surface area contributed by atoms with Crippen LogP contribution in [0.4, 0.5) is 4.79 Å². The van der Waals surface area contributed by atoms with Gasteiger partial charge in [0.05, 0.1) is 23.0 Å². The smallest absolute Gasteiger partial charge is 0.333 e. The highest BCUT2D eigenvalue weighted by Gasteiger charge is 2.42. The number of imide groups is 1. The summed E-state index contributed by atoms with van der Waals surface area (Å²) in [6, 6.07) is 10.6. The van der Waals surface area contributed by atoms with Crippen LogP contribution in [-0.4, -0.2) is 122 Å². The number of hydroxylamine groups is 2. The van der Waals surface area contributed by atoms with Crippen molar-refractivity contribution in [3.8, 4) is 0 Å². The van der Waals surface area contributed by atoms with E-state index in [4.69, 9.17) is 10.6 Å². The number of ketones is 2. The molecule has 7 N–H and O–H groups in total. The predicted molar refractivity (Wildman–Crippen MR) is 292 cm³/mol. The topological polar surface area (TPSA) is 307 Å². The van der Waals surface area contributed by atoms with Gasteiger partial charge in [-0.2, -0.15) is 0 Å². The van der Waals surface area contributed by atoms with Crippen LogP contribution in [0, 0.1) is 23.2 Å². The first-order valence-corrected chi connectivity index (χ1v) is 27.9. The Bertz CT molecular complexity index is 2610. The summed E-state index contributed by atoms with van der Waals surface area (Å²) in [5.74, 6) is -6.40. The maximum Gasteiger partial charge on any atom is 0.333 e. The van der Waals surface area contributed by atoms with Crippen molar-refractivity contribution in [2.75, 3.05) is 20.6 Å². The lowest BCUT2D eigenvalue weighted by atomic mass is 9.76. The van der Waals surface area contributed by atoms with Crippen molar-refractivity contribution in [3.63, 3.8) is 0 Å². The van der Waals surface area contributed by atoms with Gasteiger partial charge < -0.3 is 36.7 Å². The highest BCUT2D eigenvalue weighted by Crippen LogP contribution is 2.30. The van der Waals surface area contributed by atoms with Gasteiger partial charge in [0.15, 0.2) is 5.78 Å². The van der Waals surface area contributed by atoms with Crippen LogP contribution in [0.5, 0.6) is 0 Å². The monoisotopic (exact) mass is 1110 g/mol. The average Bonchev–Trinajstić information content (AvgIpc) is 3.67. The second-order valence-corrected chi connectivity index (χ2v) is 23.9. The van der Waals surface area contributed by atoms with Gasteiger partial charge in [0.25, 0.3) is 27.7 Å². The van der Waals surface area contributed by atoms with Gasteiger partial charge in [-0.15, -0.1) is 5.06 Å². The van der Waals surface area contributed by atoms with Crippen LogP contribution in [0.1, 0.15) is 138 Å². The number of nitrogens with zero attached hydrogens (tertiary/aromatic N) is 2. The van der Waals surface area contributed by atoms with Crippen LogP contribution in [0.3, 0.4) is 0 Å². The van der Waals surface area contributed by atoms with E-state index < -0.39 is 98.3 Å². The summed E-state index contributed by atoms with van der Waals surface area (Å²) < 4.78 is 29.3. The molecule has 0 radical (unpaired) electrons. The summed E-state index contributed by atoms with van der Waals surface area (Å²) in [6.07, 6.45) is 1.75. The molecule has 1 heterocycles. The average molecular weight is 1110 g/mol. The molecule has 0 unspecified atom stereocenters. The molecule has 8 amide bonds. The molecule has 2 aromatic carbocycles. The minimum Gasteiger partial charge on any atom is -0.352 e. The van der Waals surface area contributed by atoms with Crippen molar-refractivity contribution >= 4 is 69.0 Å². The standard InChI is InChI=1S/C56H82N8O13S/c1-34(2)41(33-39(65)21-16-17-23-47(69)77-64-45(67)28-29-46(64)68)51(71)60-42(22-18-30-59-54(57)74)44(66)32-37-24-26-40(27-25-37)78(75,76)62-50(70)36(5)31-43(35(3)4)63(12)53(73)49(55(6,7)8)61-52(72)48(58-11)56(9,10)38-19-14-13-15-20-38/h13-15,19-20,24-27,31,34-35,41-43,48-49,58H,16-18,21-23,28-30,32-33H2,1-12H3,(H,60,71)(H,61,72)(H,62,70)(H3,57,59,74)/b36-31+/t41-,42-,43+,48+,49+/m0/s1. The summed E-state index contributed by atoms with van der Waals surface area (Å²) in [6.45, 7) is 18.1. The molecule has 0 spiro atoms. The molecule has 2 aromatic rings. The van der Waals surface area contributed by atoms with E-state index >= 15 is 0 Å². The van der Waals surface area contributed by atoms with Gasteiger partial charge in [-0.25, -0.2) is 22.7 Å². The van der Waals surface area contributed by atoms with E-state index in [1.54, 1.807) is 27.9 Å². The number of hydrogen-bond acceptors (Lipinski definition) is 14. The van der Waals surface area contributed by atoms with E-state index in [9.17, 15) is 56.4 Å². The van der Waals surface area contributed by atoms with Gasteiger partial charge >= 0.3 is 12.0 Å². The lowest BCUT2D eigenvalue weighted by molar-refractivity contribution is -0.197. The Morgan fingerprint density at radius 2 is 1.38 bits per heavy atom. The van der Waals surface area contributed by atoms with Crippen LogP contribution >= 0.6 is 0 Å². The van der Waals surface area contributed by atoms with E-state index in [1.807, 2.05) is 78.8 Å². The quantitative estimate of drug-likeness (QED) is 0.0358. The summed E-state index contributed by atoms with van der Waals surface area (Å²) in [5, 5.41) is 11.8. The molecule has 430 valence electrons. The number of nitrogens with two attached hydrogens (primary N) is 1. The number of urea groups is 1. The van der Waals surface area contributed by atoms with Crippen LogP contribution in [0.25, 0.3) is 0 Å². The molecule has 21 nitrogen and oxygen atoms in total. The van der Waals surface area contributed by atoms with Crippen molar-refractivity contribution in [2.45, 2.75) is 168 Å². The first-order valence-electron chi connectivity index (χ1n) is 26.4. The normalized spacial score (nSPS) is 15.2. The van der Waals surface area contributed by atoms with E-state index in [0.29, 0.717) is 10.6 Å². The molecular weight excluding hydrogens is 1020 g/mol. The van der Waals surface area contributed by atoms with Crippen LogP contribution in [-0.2, 0) is 69.8 Å². The molecule has 1 aliphatic rings. The molecule has 78 heavy (non-hydrogen) atoms. The third kappa shape index (κ3) is 19.3. The summed E-state index contributed by atoms with van der Waals surface area (Å²) in [4.78, 5) is 136. The lowest BCUT2D eigenvalue weighted by Gasteiger charge is -2.40. The van der Waals surface area contributed by atoms with Gasteiger partial charge in [0.1, 0.15) is 11.8 Å². The van der Waals surface area contributed by atoms with E-state index in [-0.39, 0.29) is 105 Å². The third-order valence-corrected chi connectivity index (χ3v) is 15.2. The van der Waals surface area contributed by atoms with Crippen LogP contribution in [0.15, 0.2) is 71.1 Å². The number of carbonyl (C=O) groups excluding carboxylic acids is 10. The maximum atomic E-state index is 14.4. The van der Waals surface area contributed by atoms with E-state index in [0.717, 1.165) is 5.56 Å². The summed E-state index contributed by atoms with van der Waals surface area (Å²) in [7, 11) is -1.21. The van der Waals surface area contributed by atoms with E-state index in [1.165, 1.54) is 42.2 Å². The van der Waals surface area contributed by atoms with Gasteiger partial charge in [-0.3, -0.25) is 38.4 Å². The largest absolute Gasteiger partial charge is 0.352 e. The minimum atomic E-state index is -4.47. The number of amides is 8. The zero-order chi connectivity index (χ0) is 58.9. The summed E-state index contributed by atoms with van der Waals surface area (Å²) in [5.41, 5.74) is 5.12. The van der Waals surface area contributed by atoms with Crippen molar-refractivity contribution in [1.82, 2.24) is 36.0 Å². The minimum absolute atomic E-state index is 0.00585. The van der Waals surface area contributed by atoms with Gasteiger partial charge in [-0.1, -0.05) is 111 Å². The number of benzene rings is 2. The van der Waals surface area contributed by atoms with Crippen LogP contribution in [0.2, 0.25) is 0 Å². The Kier molecular flexibility index (Phi) is 24.5. The Morgan fingerprint density at radius 3 is 1.92 bits per heavy atom. The Labute approximate surface area is 459 Å². The highest BCUT2D eigenvalue weighted by atomic mass is 32.2. The zero-order valence-electron chi connectivity index (χ0n) is 47.3. The van der Waals surface area contributed by atoms with Gasteiger partial charge in [0.2, 0.25) is 17.7 Å². The first-order chi connectivity index (χ1) is 36.3. The number of Topliss-reactive ketones (excluding diaryl/α,β-unsaturated/α-hetero) is 2. The Morgan fingerprint density at radius 1 is 0.795 bits per heavy atom. The maximum absolute atomic E-state index is 14.4. The zero-order valence-corrected chi connectivity index (χ0v) is 48.1. The number of likely N-dealkylation sites (N-methyl/N-ethyl adjacent to an activating group) is 2. The molecule has 0 bridgehead atoms. The fraction of sp³-hybridized carbons (Fsp3) is 0.571. The highest BCUT2D eigenvalue weighted by molar-refractivity contribution is 7.90. The molecule has 0 saturated carbocycles. The predicted octanol–water partition coefficient (Wildman–Crippen LogP) is 4.46. The number of hydrogen-bond donors (Lipinski definition) is 6. The first kappa shape index (κ1) is 65.5. The van der Waals surface area contributed by atoms with Gasteiger partial charge in [0, 0.05) is 69.0 Å². The van der Waals surface area contributed by atoms with Crippen molar-refractivity contribution in [3.05, 3.63) is 77.4 Å². The second-order valence-electron chi connectivity index (χ2n) is 22.2. The number of primary amides is 1. The molecule has 22 heteroatoms. The third-order valence-electron chi connectivity index (χ3n) is 13.8. The van der Waals surface area contributed by atoms with Gasteiger partial charge in [-0.05, 0) is 80.2 Å². The SMILES string of the molecule is CN[C@H](C(=O)N[C@H](C(=O)N(C)[C@H](/C=C(\C)C(=O)NS(=O)(=O)c1ccc(CC(=O)[C@H](CCCNC(N)=O)NC(=O)[C@@H](CC(=O)CCCCC(=O)ON2C(=O)CCC2=O)C(C)C)cc1)C(C)C)C(C)(C)C)C(C)(C)c1ccccc1. The Balaban J connectivity index is 1.70. The van der Waals surface area contributed by atoms with Crippen molar-refractivity contribution in [2.24, 2.45) is 28.9 Å². The molecular formula is C56H82N8O13S. The summed E-state index contributed by atoms with van der Waals surface area (Å²) >= 11 is 0. The number of sulfonamides is 1. The number of unbranched alkanes of at least 4 members (excludes halogenated alkanes) is 1. The van der Waals surface area contributed by atoms with E-state index in [2.05, 4.69) is 26.0 Å². The molecule has 5 atom stereocenters.